The number of fused-ring (bicyclic) bond motifs is 3. The first-order chi connectivity index (χ1) is 26.6. The highest BCUT2D eigenvalue weighted by atomic mass is 15.4. The topological polar surface area (TPSA) is 137 Å². The number of nitrogens with two attached hydrogens (primary N) is 1. The van der Waals surface area contributed by atoms with E-state index < -0.39 is 0 Å². The van der Waals surface area contributed by atoms with Gasteiger partial charge in [0.2, 0.25) is 17.8 Å². The van der Waals surface area contributed by atoms with E-state index in [1.54, 1.807) is 61.5 Å². The number of nitrogens with zero attached hydrogens (tertiary/aromatic N) is 9. The molecule has 0 amide bonds. The SMILES string of the molecule is C=CC1=C=C(C=C=CN)N(c2nc(N3C(=C)C=C=CN=CCC4=C3C=C=CN=C4)nc(-n3c4c(c5c3C=CNC5)C=NC=C=C4)n2)C2=C=C1CNC=C=C2. The second-order valence-electron chi connectivity index (χ2n) is 11.9. The molecule has 0 saturated heterocycles. The van der Waals surface area contributed by atoms with Crippen molar-refractivity contribution in [2.45, 2.75) is 13.0 Å². The first kappa shape index (κ1) is 33.1. The van der Waals surface area contributed by atoms with Gasteiger partial charge in [0, 0.05) is 114 Å². The number of hydrogen-bond acceptors (Lipinski definition) is 11. The Morgan fingerprint density at radius 3 is 2.50 bits per heavy atom. The van der Waals surface area contributed by atoms with E-state index in [0.717, 1.165) is 39.2 Å². The molecule has 0 aliphatic carbocycles. The molecule has 8 rings (SSSR count). The van der Waals surface area contributed by atoms with Gasteiger partial charge in [-0.2, -0.15) is 15.0 Å². The Labute approximate surface area is 311 Å². The average molecular weight is 703 g/mol. The van der Waals surface area contributed by atoms with E-state index in [2.05, 4.69) is 78.9 Å². The molecule has 8 heterocycles. The molecule has 4 N–H and O–H groups in total. The van der Waals surface area contributed by atoms with E-state index >= 15 is 0 Å². The van der Waals surface area contributed by atoms with Gasteiger partial charge in [0.05, 0.1) is 35.7 Å². The molecule has 2 bridgehead atoms. The van der Waals surface area contributed by atoms with E-state index in [4.69, 9.17) is 20.7 Å². The first-order valence-corrected chi connectivity index (χ1v) is 16.8. The molecule has 12 heteroatoms. The number of nitrogens with one attached hydrogen (secondary N) is 2. The summed E-state index contributed by atoms with van der Waals surface area (Å²) in [5.74, 6) is 0.797. The van der Waals surface area contributed by atoms with Crippen LogP contribution in [0.25, 0.3) is 18.1 Å². The van der Waals surface area contributed by atoms with Gasteiger partial charge in [-0.05, 0) is 12.3 Å². The zero-order chi connectivity index (χ0) is 36.9. The quantitative estimate of drug-likeness (QED) is 0.348. The van der Waals surface area contributed by atoms with Crippen LogP contribution in [0.1, 0.15) is 28.9 Å². The first-order valence-electron chi connectivity index (χ1n) is 16.8. The molecule has 2 aromatic rings. The molecular weight excluding hydrogens is 673 g/mol. The second kappa shape index (κ2) is 14.6. The summed E-state index contributed by atoms with van der Waals surface area (Å²) in [6.45, 7) is 9.53. The highest BCUT2D eigenvalue weighted by Gasteiger charge is 2.30. The predicted molar refractivity (Wildman–Crippen MR) is 212 cm³/mol. The molecule has 0 radical (unpaired) electrons. The van der Waals surface area contributed by atoms with Gasteiger partial charge in [0.25, 0.3) is 0 Å². The predicted octanol–water partition coefficient (Wildman–Crippen LogP) is 5.49. The smallest absolute Gasteiger partial charge is 0.242 e. The zero-order valence-electron chi connectivity index (χ0n) is 28.9. The van der Waals surface area contributed by atoms with Crippen molar-refractivity contribution >= 4 is 42.7 Å². The maximum atomic E-state index is 5.83. The summed E-state index contributed by atoms with van der Waals surface area (Å²) in [4.78, 5) is 32.5. The monoisotopic (exact) mass is 702 g/mol. The largest absolute Gasteiger partial charge is 0.398 e. The van der Waals surface area contributed by atoms with Crippen molar-refractivity contribution in [3.8, 4) is 5.95 Å². The average Bonchev–Trinajstić information content (AvgIpc) is 3.44. The molecule has 258 valence electrons. The third-order valence-electron chi connectivity index (χ3n) is 8.63. The minimum absolute atomic E-state index is 0.234. The summed E-state index contributed by atoms with van der Waals surface area (Å²) in [5, 5.41) is 6.56. The maximum Gasteiger partial charge on any atom is 0.242 e. The molecular formula is C42H30N12. The Hall–Kier alpha value is -8.10. The van der Waals surface area contributed by atoms with E-state index in [9.17, 15) is 0 Å². The lowest BCUT2D eigenvalue weighted by Gasteiger charge is -2.28. The van der Waals surface area contributed by atoms with Gasteiger partial charge >= 0.3 is 0 Å². The Balaban J connectivity index is 1.49. The van der Waals surface area contributed by atoms with Gasteiger partial charge in [-0.1, -0.05) is 47.9 Å². The van der Waals surface area contributed by atoms with Crippen molar-refractivity contribution in [1.82, 2.24) is 30.2 Å². The van der Waals surface area contributed by atoms with Crippen molar-refractivity contribution in [2.24, 2.45) is 20.7 Å². The lowest BCUT2D eigenvalue weighted by Crippen LogP contribution is -2.28. The molecule has 6 aliphatic heterocycles. The van der Waals surface area contributed by atoms with Crippen LogP contribution < -0.4 is 26.2 Å². The summed E-state index contributed by atoms with van der Waals surface area (Å²) < 4.78 is 1.98. The molecule has 0 fully saturated rings. The molecule has 0 aromatic carbocycles. The van der Waals surface area contributed by atoms with E-state index in [1.165, 1.54) is 6.20 Å². The van der Waals surface area contributed by atoms with Gasteiger partial charge in [0.1, 0.15) is 11.4 Å². The normalized spacial score (nSPS) is 17.3. The van der Waals surface area contributed by atoms with Crippen LogP contribution in [-0.2, 0) is 6.54 Å². The fraction of sp³-hybridized carbons (Fsp3) is 0.0714. The van der Waals surface area contributed by atoms with Crippen LogP contribution in [0.15, 0.2) is 175 Å². The Morgan fingerprint density at radius 2 is 1.63 bits per heavy atom. The van der Waals surface area contributed by atoms with E-state index in [0.29, 0.717) is 48.2 Å². The van der Waals surface area contributed by atoms with Gasteiger partial charge in [-0.3, -0.25) is 29.3 Å². The Morgan fingerprint density at radius 1 is 0.833 bits per heavy atom. The maximum absolute atomic E-state index is 5.83. The number of allylic oxidation sites excluding steroid dienone is 4. The van der Waals surface area contributed by atoms with Crippen LogP contribution in [0.5, 0.6) is 0 Å². The molecule has 6 aliphatic rings. The van der Waals surface area contributed by atoms with Crippen molar-refractivity contribution < 1.29 is 0 Å². The summed E-state index contributed by atoms with van der Waals surface area (Å²) in [6, 6.07) is 0. The number of aromatic nitrogens is 4. The van der Waals surface area contributed by atoms with Crippen molar-refractivity contribution in [3.05, 3.63) is 183 Å². The molecule has 0 unspecified atom stereocenters. The van der Waals surface area contributed by atoms with Crippen LogP contribution in [0.2, 0.25) is 0 Å². The molecule has 12 nitrogen and oxygen atoms in total. The third kappa shape index (κ3) is 6.23. The highest BCUT2D eigenvalue weighted by Crippen LogP contribution is 2.35. The lowest BCUT2D eigenvalue weighted by molar-refractivity contribution is 0.825. The van der Waals surface area contributed by atoms with Gasteiger partial charge in [-0.15, -0.1) is 11.5 Å². The van der Waals surface area contributed by atoms with Crippen LogP contribution in [0.4, 0.5) is 11.9 Å². The molecule has 2 aromatic heterocycles. The minimum atomic E-state index is 0.234. The number of rotatable bonds is 5. The number of aliphatic imine (C=N–C) groups is 3. The van der Waals surface area contributed by atoms with Crippen molar-refractivity contribution in [1.29, 1.82) is 0 Å². The molecule has 0 spiro atoms. The third-order valence-corrected chi connectivity index (χ3v) is 8.63. The van der Waals surface area contributed by atoms with Crippen molar-refractivity contribution in [3.63, 3.8) is 0 Å². The lowest BCUT2D eigenvalue weighted by atomic mass is 10.1. The van der Waals surface area contributed by atoms with E-state index in [-0.39, 0.29) is 11.9 Å². The Bertz CT molecular complexity index is 2680. The highest BCUT2D eigenvalue weighted by molar-refractivity contribution is 5.91. The van der Waals surface area contributed by atoms with E-state index in [1.807, 2.05) is 45.0 Å². The zero-order valence-corrected chi connectivity index (χ0v) is 28.9. The van der Waals surface area contributed by atoms with Crippen LogP contribution in [-0.4, -0.2) is 44.7 Å². The standard InChI is InChI=1S/C42H30N12/c1-3-30-23-33(10-4-16-43)53(34-11-6-18-46-26-32(30)24-34)41-49-40(52-29(2)9-5-17-44-21-14-31-25-45-19-7-12-37(31)52)50-42(51-41)54-38-13-8-20-47-27-35(38)36-28-48-22-15-39(36)54/h3,9-13,15-22,25,27,46,48H,1-2,14,26,28,43H2. The molecule has 0 atom stereocenters. The number of hydrogen-bond donors (Lipinski definition) is 3. The summed E-state index contributed by atoms with van der Waals surface area (Å²) in [7, 11) is 0. The number of anilines is 2. The molecule has 0 saturated carbocycles. The van der Waals surface area contributed by atoms with Gasteiger partial charge < -0.3 is 16.4 Å². The second-order valence-corrected chi connectivity index (χ2v) is 11.9. The minimum Gasteiger partial charge on any atom is -0.398 e. The van der Waals surface area contributed by atoms with Crippen LogP contribution in [0.3, 0.4) is 0 Å². The molecule has 54 heavy (non-hydrogen) atoms. The van der Waals surface area contributed by atoms with Gasteiger partial charge in [-0.25, -0.2) is 0 Å². The fourth-order valence-corrected chi connectivity index (χ4v) is 6.27. The summed E-state index contributed by atoms with van der Waals surface area (Å²) in [6.07, 6.45) is 28.3. The summed E-state index contributed by atoms with van der Waals surface area (Å²) in [5.41, 5.74) is 36.7. The summed E-state index contributed by atoms with van der Waals surface area (Å²) >= 11 is 0. The van der Waals surface area contributed by atoms with Crippen LogP contribution >= 0.6 is 0 Å². The Kier molecular flexibility index (Phi) is 8.96. The van der Waals surface area contributed by atoms with Crippen LogP contribution in [0, 0.1) is 0 Å². The van der Waals surface area contributed by atoms with Gasteiger partial charge in [0.15, 0.2) is 0 Å². The van der Waals surface area contributed by atoms with Crippen molar-refractivity contribution in [2.75, 3.05) is 16.3 Å². The fourth-order valence-electron chi connectivity index (χ4n) is 6.27.